The van der Waals surface area contributed by atoms with Crippen LogP contribution in [0.15, 0.2) is 6.20 Å². The molecule has 1 fully saturated rings. The van der Waals surface area contributed by atoms with Gasteiger partial charge in [0.05, 0.1) is 0 Å². The van der Waals surface area contributed by atoms with E-state index in [1.165, 1.54) is 37.8 Å². The van der Waals surface area contributed by atoms with E-state index in [9.17, 15) is 0 Å². The molecule has 2 rings (SSSR count). The zero-order valence-electron chi connectivity index (χ0n) is 9.55. The third kappa shape index (κ3) is 2.23. The van der Waals surface area contributed by atoms with E-state index in [1.54, 1.807) is 0 Å². The quantitative estimate of drug-likeness (QED) is 0.797. The molecule has 1 saturated carbocycles. The van der Waals surface area contributed by atoms with E-state index in [4.69, 9.17) is 5.73 Å². The van der Waals surface area contributed by atoms with Crippen molar-refractivity contribution in [3.8, 4) is 0 Å². The normalized spacial score (nSPS) is 20.4. The van der Waals surface area contributed by atoms with Crippen LogP contribution in [0.25, 0.3) is 0 Å². The second-order valence-corrected chi connectivity index (χ2v) is 4.90. The molecule has 15 heavy (non-hydrogen) atoms. The molecule has 0 bridgehead atoms. The van der Waals surface area contributed by atoms with E-state index < -0.39 is 0 Å². The van der Waals surface area contributed by atoms with Gasteiger partial charge in [-0.25, -0.2) is 4.98 Å². The first kappa shape index (κ1) is 10.7. The van der Waals surface area contributed by atoms with Gasteiger partial charge in [-0.05, 0) is 19.4 Å². The first-order chi connectivity index (χ1) is 7.24. The molecule has 3 nitrogen and oxygen atoms in total. The maximum atomic E-state index is 5.52. The minimum atomic E-state index is 0.331. The van der Waals surface area contributed by atoms with Crippen molar-refractivity contribution < 1.29 is 0 Å². The van der Waals surface area contributed by atoms with Gasteiger partial charge in [0, 0.05) is 23.7 Å². The Morgan fingerprint density at radius 3 is 2.80 bits per heavy atom. The Labute approximate surface area is 91.5 Å². The van der Waals surface area contributed by atoms with Gasteiger partial charge in [0.15, 0.2) is 0 Å². The Bertz CT molecular complexity index is 310. The average molecular weight is 207 g/mol. The highest BCUT2D eigenvalue weighted by Gasteiger charge is 2.30. The number of H-pyrrole nitrogens is 1. The van der Waals surface area contributed by atoms with E-state index in [1.807, 2.05) is 6.20 Å². The first-order valence-corrected chi connectivity index (χ1v) is 5.99. The monoisotopic (exact) mass is 207 g/mol. The molecule has 0 aliphatic heterocycles. The lowest BCUT2D eigenvalue weighted by molar-refractivity contribution is 0.313. The summed E-state index contributed by atoms with van der Waals surface area (Å²) in [4.78, 5) is 7.82. The summed E-state index contributed by atoms with van der Waals surface area (Å²) >= 11 is 0. The number of nitrogens with zero attached hydrogens (tertiary/aromatic N) is 1. The molecule has 1 heterocycles. The average Bonchev–Trinajstić information content (AvgIpc) is 2.69. The van der Waals surface area contributed by atoms with Gasteiger partial charge in [0.1, 0.15) is 5.82 Å². The lowest BCUT2D eigenvalue weighted by Crippen LogP contribution is -2.25. The van der Waals surface area contributed by atoms with Gasteiger partial charge < -0.3 is 10.7 Å². The number of rotatable bonds is 3. The topological polar surface area (TPSA) is 54.7 Å². The van der Waals surface area contributed by atoms with Crippen LogP contribution in [0.1, 0.15) is 50.5 Å². The number of imidazole rings is 1. The lowest BCUT2D eigenvalue weighted by atomic mass is 9.74. The third-order valence-electron chi connectivity index (χ3n) is 3.62. The zero-order chi connectivity index (χ0) is 10.7. The molecule has 0 atom stereocenters. The summed E-state index contributed by atoms with van der Waals surface area (Å²) in [6.45, 7) is 3.02. The number of nitrogens with one attached hydrogen (secondary N) is 1. The number of hydrogen-bond donors (Lipinski definition) is 2. The maximum absolute atomic E-state index is 5.52. The van der Waals surface area contributed by atoms with Crippen LogP contribution in [0.3, 0.4) is 0 Å². The predicted molar refractivity (Wildman–Crippen MR) is 61.8 cm³/mol. The second-order valence-electron chi connectivity index (χ2n) is 4.90. The summed E-state index contributed by atoms with van der Waals surface area (Å²) in [6.07, 6.45) is 9.53. The Kier molecular flexibility index (Phi) is 3.10. The standard InChI is InChI=1S/C12H21N3/c1-12(6-3-2-4-7-12)10-9-14-11(15-10)5-8-13/h9H,2-8,13H2,1H3,(H,14,15). The van der Waals surface area contributed by atoms with Crippen molar-refractivity contribution in [2.24, 2.45) is 5.73 Å². The predicted octanol–water partition coefficient (Wildman–Crippen LogP) is 2.13. The van der Waals surface area contributed by atoms with Crippen molar-refractivity contribution in [1.29, 1.82) is 0 Å². The molecular formula is C12H21N3. The molecule has 0 aromatic carbocycles. The van der Waals surface area contributed by atoms with Crippen LogP contribution in [0.4, 0.5) is 0 Å². The molecule has 0 unspecified atom stereocenters. The highest BCUT2D eigenvalue weighted by atomic mass is 14.9. The number of aromatic amines is 1. The SMILES string of the molecule is CC1(c2cnc(CCN)[nH]2)CCCCC1. The molecule has 84 valence electrons. The number of hydrogen-bond acceptors (Lipinski definition) is 2. The molecule has 1 aliphatic carbocycles. The highest BCUT2D eigenvalue weighted by Crippen LogP contribution is 2.37. The molecule has 0 radical (unpaired) electrons. The maximum Gasteiger partial charge on any atom is 0.107 e. The summed E-state index contributed by atoms with van der Waals surface area (Å²) in [5.74, 6) is 1.04. The van der Waals surface area contributed by atoms with E-state index in [2.05, 4.69) is 16.9 Å². The summed E-state index contributed by atoms with van der Waals surface area (Å²) < 4.78 is 0. The molecule has 1 aromatic rings. The van der Waals surface area contributed by atoms with Gasteiger partial charge >= 0.3 is 0 Å². The summed E-state index contributed by atoms with van der Waals surface area (Å²) in [6, 6.07) is 0. The summed E-state index contributed by atoms with van der Waals surface area (Å²) in [5.41, 5.74) is 7.16. The van der Waals surface area contributed by atoms with Crippen LogP contribution < -0.4 is 5.73 Å². The van der Waals surface area contributed by atoms with E-state index in [0.717, 1.165) is 12.2 Å². The minimum absolute atomic E-state index is 0.331. The third-order valence-corrected chi connectivity index (χ3v) is 3.62. The van der Waals surface area contributed by atoms with Crippen molar-refractivity contribution in [3.63, 3.8) is 0 Å². The van der Waals surface area contributed by atoms with Crippen molar-refractivity contribution in [1.82, 2.24) is 9.97 Å². The minimum Gasteiger partial charge on any atom is -0.345 e. The van der Waals surface area contributed by atoms with Gasteiger partial charge in [-0.15, -0.1) is 0 Å². The molecule has 3 N–H and O–H groups in total. The van der Waals surface area contributed by atoms with Crippen LogP contribution in [0.2, 0.25) is 0 Å². The van der Waals surface area contributed by atoms with Gasteiger partial charge in [-0.2, -0.15) is 0 Å². The smallest absolute Gasteiger partial charge is 0.107 e. The second kappa shape index (κ2) is 4.35. The van der Waals surface area contributed by atoms with Crippen LogP contribution in [0, 0.1) is 0 Å². The van der Waals surface area contributed by atoms with Gasteiger partial charge in [-0.1, -0.05) is 26.2 Å². The van der Waals surface area contributed by atoms with E-state index in [0.29, 0.717) is 12.0 Å². The molecule has 1 aliphatic rings. The molecular weight excluding hydrogens is 186 g/mol. The Balaban J connectivity index is 2.12. The molecule has 1 aromatic heterocycles. The molecule has 0 saturated heterocycles. The molecule has 0 amide bonds. The zero-order valence-corrected chi connectivity index (χ0v) is 9.55. The van der Waals surface area contributed by atoms with Crippen LogP contribution >= 0.6 is 0 Å². The fraction of sp³-hybridized carbons (Fsp3) is 0.750. The van der Waals surface area contributed by atoms with Gasteiger partial charge in [0.25, 0.3) is 0 Å². The lowest BCUT2D eigenvalue weighted by Gasteiger charge is -2.32. The van der Waals surface area contributed by atoms with Crippen molar-refractivity contribution in [3.05, 3.63) is 17.7 Å². The Morgan fingerprint density at radius 2 is 2.13 bits per heavy atom. The summed E-state index contributed by atoms with van der Waals surface area (Å²) in [5, 5.41) is 0. The highest BCUT2D eigenvalue weighted by molar-refractivity contribution is 5.15. The Morgan fingerprint density at radius 1 is 1.40 bits per heavy atom. The summed E-state index contributed by atoms with van der Waals surface area (Å²) in [7, 11) is 0. The van der Waals surface area contributed by atoms with Crippen molar-refractivity contribution in [2.75, 3.05) is 6.54 Å². The fourth-order valence-electron chi connectivity index (χ4n) is 2.53. The van der Waals surface area contributed by atoms with Crippen molar-refractivity contribution in [2.45, 2.75) is 50.9 Å². The van der Waals surface area contributed by atoms with Crippen LogP contribution in [-0.2, 0) is 11.8 Å². The van der Waals surface area contributed by atoms with E-state index >= 15 is 0 Å². The number of nitrogens with two attached hydrogens (primary N) is 1. The Hall–Kier alpha value is -0.830. The molecule has 0 spiro atoms. The van der Waals surface area contributed by atoms with Crippen molar-refractivity contribution >= 4 is 0 Å². The number of aromatic nitrogens is 2. The van der Waals surface area contributed by atoms with Gasteiger partial charge in [0.2, 0.25) is 0 Å². The van der Waals surface area contributed by atoms with E-state index in [-0.39, 0.29) is 0 Å². The fourth-order valence-corrected chi connectivity index (χ4v) is 2.53. The van der Waals surface area contributed by atoms with Crippen LogP contribution in [0.5, 0.6) is 0 Å². The largest absolute Gasteiger partial charge is 0.345 e. The van der Waals surface area contributed by atoms with Crippen LogP contribution in [-0.4, -0.2) is 16.5 Å². The van der Waals surface area contributed by atoms with Gasteiger partial charge in [-0.3, -0.25) is 0 Å². The first-order valence-electron chi connectivity index (χ1n) is 5.99. The molecule has 3 heteroatoms.